The first-order chi connectivity index (χ1) is 7.72. The van der Waals surface area contributed by atoms with Gasteiger partial charge in [-0.1, -0.05) is 35.1 Å². The molecule has 16 heavy (non-hydrogen) atoms. The third kappa shape index (κ3) is 2.24. The van der Waals surface area contributed by atoms with E-state index in [0.29, 0.717) is 5.02 Å². The van der Waals surface area contributed by atoms with Crippen molar-refractivity contribution in [1.29, 1.82) is 0 Å². The van der Waals surface area contributed by atoms with Crippen LogP contribution in [0.3, 0.4) is 0 Å². The molecular weight excluding hydrogens is 242 g/mol. The molecule has 3 nitrogen and oxygen atoms in total. The van der Waals surface area contributed by atoms with Crippen LogP contribution in [-0.2, 0) is 6.42 Å². The number of nitrogens with zero attached hydrogens (tertiary/aromatic N) is 2. The molecule has 0 amide bonds. The summed E-state index contributed by atoms with van der Waals surface area (Å²) in [5.41, 5.74) is 8.14. The van der Waals surface area contributed by atoms with Gasteiger partial charge in [-0.25, -0.2) is 0 Å². The molecule has 0 saturated heterocycles. The van der Waals surface area contributed by atoms with Crippen molar-refractivity contribution in [3.8, 4) is 0 Å². The predicted octanol–water partition coefficient (Wildman–Crippen LogP) is 2.80. The lowest BCUT2D eigenvalue weighted by Crippen LogP contribution is -2.12. The lowest BCUT2D eigenvalue weighted by molar-refractivity contribution is 0.854. The average molecular weight is 254 g/mol. The fraction of sp³-hybridized carbons (Fsp3) is 0.273. The van der Waals surface area contributed by atoms with E-state index in [1.165, 1.54) is 11.5 Å². The Morgan fingerprint density at radius 3 is 3.00 bits per heavy atom. The second-order valence-corrected chi connectivity index (χ2v) is 4.69. The first kappa shape index (κ1) is 11.5. The van der Waals surface area contributed by atoms with E-state index in [2.05, 4.69) is 9.59 Å². The quantitative estimate of drug-likeness (QED) is 0.915. The highest BCUT2D eigenvalue weighted by Crippen LogP contribution is 2.26. The minimum absolute atomic E-state index is 0.186. The smallest absolute Gasteiger partial charge is 0.0804 e. The van der Waals surface area contributed by atoms with E-state index in [1.807, 2.05) is 31.2 Å². The maximum absolute atomic E-state index is 6.18. The average Bonchev–Trinajstić information content (AvgIpc) is 2.76. The van der Waals surface area contributed by atoms with Gasteiger partial charge in [0.05, 0.1) is 16.6 Å². The van der Waals surface area contributed by atoms with Gasteiger partial charge in [0, 0.05) is 5.02 Å². The Morgan fingerprint density at radius 1 is 1.50 bits per heavy atom. The maximum atomic E-state index is 6.18. The zero-order valence-corrected chi connectivity index (χ0v) is 10.4. The Labute approximate surface area is 103 Å². The number of halogens is 1. The Morgan fingerprint density at radius 2 is 2.31 bits per heavy atom. The molecule has 0 radical (unpaired) electrons. The lowest BCUT2D eigenvalue weighted by Gasteiger charge is -2.10. The largest absolute Gasteiger partial charge is 0.319 e. The molecule has 0 aliphatic heterocycles. The molecule has 2 aromatic rings. The maximum Gasteiger partial charge on any atom is 0.0804 e. The second-order valence-electron chi connectivity index (χ2n) is 3.47. The van der Waals surface area contributed by atoms with Crippen molar-refractivity contribution >= 4 is 23.1 Å². The van der Waals surface area contributed by atoms with Crippen LogP contribution in [0, 0.1) is 0 Å². The van der Waals surface area contributed by atoms with Crippen LogP contribution in [0.5, 0.6) is 0 Å². The molecule has 1 unspecified atom stereocenters. The standard InChI is InChI=1S/C11H12ClN3S/c1-2-9-11(16-15-14-9)10(13)7-4-3-5-8(12)6-7/h3-6,10H,2,13H2,1H3. The molecule has 84 valence electrons. The Balaban J connectivity index is 2.35. The van der Waals surface area contributed by atoms with Crippen molar-refractivity contribution in [3.63, 3.8) is 0 Å². The molecule has 1 atom stereocenters. The van der Waals surface area contributed by atoms with Gasteiger partial charge in [0.25, 0.3) is 0 Å². The number of rotatable bonds is 3. The monoisotopic (exact) mass is 253 g/mol. The summed E-state index contributed by atoms with van der Waals surface area (Å²) in [4.78, 5) is 1.02. The van der Waals surface area contributed by atoms with Crippen LogP contribution >= 0.6 is 23.1 Å². The fourth-order valence-corrected chi connectivity index (χ4v) is 2.51. The number of hydrogen-bond acceptors (Lipinski definition) is 4. The molecule has 0 aliphatic carbocycles. The summed E-state index contributed by atoms with van der Waals surface area (Å²) in [6.45, 7) is 2.05. The van der Waals surface area contributed by atoms with Crippen LogP contribution in [0.25, 0.3) is 0 Å². The van der Waals surface area contributed by atoms with Crippen molar-refractivity contribution in [3.05, 3.63) is 45.4 Å². The first-order valence-corrected chi connectivity index (χ1v) is 6.19. The summed E-state index contributed by atoms with van der Waals surface area (Å²) in [6, 6.07) is 7.40. The molecule has 5 heteroatoms. The van der Waals surface area contributed by atoms with Crippen LogP contribution in [0.15, 0.2) is 24.3 Å². The van der Waals surface area contributed by atoms with Gasteiger partial charge in [-0.05, 0) is 35.6 Å². The summed E-state index contributed by atoms with van der Waals surface area (Å²) in [5.74, 6) is 0. The minimum atomic E-state index is -0.186. The Hall–Kier alpha value is -0.970. The van der Waals surface area contributed by atoms with Gasteiger partial charge in [0.2, 0.25) is 0 Å². The van der Waals surface area contributed by atoms with Crippen LogP contribution in [-0.4, -0.2) is 9.59 Å². The van der Waals surface area contributed by atoms with E-state index in [-0.39, 0.29) is 6.04 Å². The molecule has 2 N–H and O–H groups in total. The van der Waals surface area contributed by atoms with Crippen molar-refractivity contribution < 1.29 is 0 Å². The third-order valence-corrected chi connectivity index (χ3v) is 3.49. The zero-order valence-electron chi connectivity index (χ0n) is 8.85. The van der Waals surface area contributed by atoms with Gasteiger partial charge in [0.15, 0.2) is 0 Å². The topological polar surface area (TPSA) is 51.8 Å². The van der Waals surface area contributed by atoms with Crippen LogP contribution in [0.2, 0.25) is 5.02 Å². The van der Waals surface area contributed by atoms with Gasteiger partial charge < -0.3 is 5.73 Å². The summed E-state index contributed by atoms with van der Waals surface area (Å²) < 4.78 is 3.94. The normalized spacial score (nSPS) is 12.7. The van der Waals surface area contributed by atoms with E-state index >= 15 is 0 Å². The van der Waals surface area contributed by atoms with Gasteiger partial charge in [-0.3, -0.25) is 0 Å². The van der Waals surface area contributed by atoms with Gasteiger partial charge >= 0.3 is 0 Å². The molecule has 0 aliphatic rings. The lowest BCUT2D eigenvalue weighted by atomic mass is 10.0. The third-order valence-electron chi connectivity index (χ3n) is 2.41. The molecule has 0 fully saturated rings. The highest BCUT2D eigenvalue weighted by molar-refractivity contribution is 7.05. The van der Waals surface area contributed by atoms with Gasteiger partial charge in [0.1, 0.15) is 0 Å². The number of nitrogens with two attached hydrogens (primary N) is 1. The first-order valence-electron chi connectivity index (χ1n) is 5.04. The van der Waals surface area contributed by atoms with Crippen LogP contribution < -0.4 is 5.73 Å². The van der Waals surface area contributed by atoms with Crippen molar-refractivity contribution in [2.75, 3.05) is 0 Å². The van der Waals surface area contributed by atoms with Gasteiger partial charge in [-0.2, -0.15) is 0 Å². The van der Waals surface area contributed by atoms with E-state index in [4.69, 9.17) is 17.3 Å². The molecule has 1 aromatic carbocycles. The summed E-state index contributed by atoms with van der Waals surface area (Å²) in [6.07, 6.45) is 0.847. The molecule has 0 spiro atoms. The number of hydrogen-bond donors (Lipinski definition) is 1. The van der Waals surface area contributed by atoms with Crippen molar-refractivity contribution in [1.82, 2.24) is 9.59 Å². The molecular formula is C11H12ClN3S. The number of aryl methyl sites for hydroxylation is 1. The molecule has 1 heterocycles. The van der Waals surface area contributed by atoms with E-state index in [9.17, 15) is 0 Å². The van der Waals surface area contributed by atoms with Crippen molar-refractivity contribution in [2.24, 2.45) is 5.73 Å². The van der Waals surface area contributed by atoms with Gasteiger partial charge in [-0.15, -0.1) is 5.10 Å². The Kier molecular flexibility index (Phi) is 3.53. The zero-order chi connectivity index (χ0) is 11.5. The highest BCUT2D eigenvalue weighted by Gasteiger charge is 2.16. The fourth-order valence-electron chi connectivity index (χ4n) is 1.55. The highest BCUT2D eigenvalue weighted by atomic mass is 35.5. The number of benzene rings is 1. The summed E-state index contributed by atoms with van der Waals surface area (Å²) >= 11 is 7.29. The molecule has 0 saturated carbocycles. The van der Waals surface area contributed by atoms with Crippen LogP contribution in [0.4, 0.5) is 0 Å². The summed E-state index contributed by atoms with van der Waals surface area (Å²) in [5, 5.41) is 4.76. The SMILES string of the molecule is CCc1nnsc1C(N)c1cccc(Cl)c1. The molecule has 0 bridgehead atoms. The summed E-state index contributed by atoms with van der Waals surface area (Å²) in [7, 11) is 0. The van der Waals surface area contributed by atoms with Crippen molar-refractivity contribution in [2.45, 2.75) is 19.4 Å². The van der Waals surface area contributed by atoms with E-state index < -0.39 is 0 Å². The second kappa shape index (κ2) is 4.91. The number of aromatic nitrogens is 2. The predicted molar refractivity (Wildman–Crippen MR) is 66.8 cm³/mol. The molecule has 2 rings (SSSR count). The van der Waals surface area contributed by atoms with E-state index in [1.54, 1.807) is 0 Å². The van der Waals surface area contributed by atoms with E-state index in [0.717, 1.165) is 22.6 Å². The Bertz CT molecular complexity index is 484. The minimum Gasteiger partial charge on any atom is -0.319 e. The molecule has 1 aromatic heterocycles. The van der Waals surface area contributed by atoms with Crippen LogP contribution in [0.1, 0.15) is 29.1 Å².